The average molecular weight is 321 g/mol. The number of amides is 1. The summed E-state index contributed by atoms with van der Waals surface area (Å²) in [7, 11) is 0. The lowest BCUT2D eigenvalue weighted by atomic mass is 10.1. The molecule has 0 aliphatic rings. The molecule has 0 fully saturated rings. The van der Waals surface area contributed by atoms with Crippen molar-refractivity contribution in [3.05, 3.63) is 58.9 Å². The van der Waals surface area contributed by atoms with E-state index >= 15 is 0 Å². The van der Waals surface area contributed by atoms with Crippen LogP contribution in [0.1, 0.15) is 43.6 Å². The molecule has 124 valence electrons. The Morgan fingerprint density at radius 1 is 1.38 bits per heavy atom. The van der Waals surface area contributed by atoms with Gasteiger partial charge in [-0.15, -0.1) is 0 Å². The molecule has 2 aromatic rings. The number of para-hydroxylation sites is 1. The van der Waals surface area contributed by atoms with Crippen molar-refractivity contribution in [1.29, 1.82) is 5.26 Å². The first-order valence-electron chi connectivity index (χ1n) is 8.15. The minimum Gasteiger partial charge on any atom is -0.349 e. The molecule has 1 heterocycles. The third-order valence-corrected chi connectivity index (χ3v) is 3.95. The predicted molar refractivity (Wildman–Crippen MR) is 97.6 cm³/mol. The molecule has 0 saturated carbocycles. The Morgan fingerprint density at radius 3 is 2.67 bits per heavy atom. The highest BCUT2D eigenvalue weighted by Crippen LogP contribution is 2.19. The topological polar surface area (TPSA) is 57.8 Å². The zero-order valence-electron chi connectivity index (χ0n) is 14.6. The molecule has 0 bridgehead atoms. The molecule has 1 aromatic heterocycles. The van der Waals surface area contributed by atoms with Crippen molar-refractivity contribution < 1.29 is 4.79 Å². The SMILES string of the molecule is CCc1ccccc1NC(=O)/C(C#N)=C/c1cc(C)n(C(C)C)c1. The molecule has 0 radical (unpaired) electrons. The molecule has 24 heavy (non-hydrogen) atoms. The zero-order valence-corrected chi connectivity index (χ0v) is 14.6. The Labute approximate surface area is 143 Å². The summed E-state index contributed by atoms with van der Waals surface area (Å²) in [6, 6.07) is 11.9. The number of hydrogen-bond donors (Lipinski definition) is 1. The van der Waals surface area contributed by atoms with Crippen molar-refractivity contribution in [3.63, 3.8) is 0 Å². The van der Waals surface area contributed by atoms with E-state index < -0.39 is 0 Å². The van der Waals surface area contributed by atoms with Crippen LogP contribution in [0.2, 0.25) is 0 Å². The average Bonchev–Trinajstić information content (AvgIpc) is 2.93. The van der Waals surface area contributed by atoms with Gasteiger partial charge in [0.15, 0.2) is 0 Å². The maximum absolute atomic E-state index is 12.4. The minimum absolute atomic E-state index is 0.0989. The van der Waals surface area contributed by atoms with Gasteiger partial charge in [-0.1, -0.05) is 25.1 Å². The molecule has 2 rings (SSSR count). The fourth-order valence-corrected chi connectivity index (χ4v) is 2.71. The van der Waals surface area contributed by atoms with Crippen molar-refractivity contribution in [2.75, 3.05) is 5.32 Å². The highest BCUT2D eigenvalue weighted by Gasteiger charge is 2.12. The van der Waals surface area contributed by atoms with Crippen LogP contribution < -0.4 is 5.32 Å². The van der Waals surface area contributed by atoms with Crippen molar-refractivity contribution in [1.82, 2.24) is 4.57 Å². The molecule has 0 atom stereocenters. The number of carbonyl (C=O) groups excluding carboxylic acids is 1. The van der Waals surface area contributed by atoms with Crippen LogP contribution in [0.3, 0.4) is 0 Å². The summed E-state index contributed by atoms with van der Waals surface area (Å²) < 4.78 is 2.12. The number of aromatic nitrogens is 1. The Bertz CT molecular complexity index is 807. The smallest absolute Gasteiger partial charge is 0.266 e. The van der Waals surface area contributed by atoms with Crippen molar-refractivity contribution in [3.8, 4) is 6.07 Å². The molecule has 0 aliphatic heterocycles. The zero-order chi connectivity index (χ0) is 17.7. The van der Waals surface area contributed by atoms with Gasteiger partial charge in [-0.3, -0.25) is 4.79 Å². The van der Waals surface area contributed by atoms with Gasteiger partial charge >= 0.3 is 0 Å². The molecule has 0 aliphatic carbocycles. The predicted octanol–water partition coefficient (Wildman–Crippen LogP) is 4.49. The Balaban J connectivity index is 2.26. The fraction of sp³-hybridized carbons (Fsp3) is 0.300. The summed E-state index contributed by atoms with van der Waals surface area (Å²) in [6.07, 6.45) is 4.42. The van der Waals surface area contributed by atoms with Gasteiger partial charge in [0.05, 0.1) is 0 Å². The molecule has 4 nitrogen and oxygen atoms in total. The van der Waals surface area contributed by atoms with Crippen LogP contribution in [-0.2, 0) is 11.2 Å². The lowest BCUT2D eigenvalue weighted by Crippen LogP contribution is -2.14. The molecule has 1 aromatic carbocycles. The van der Waals surface area contributed by atoms with Crippen molar-refractivity contribution >= 4 is 17.7 Å². The Kier molecular flexibility index (Phi) is 5.59. The second-order valence-electron chi connectivity index (χ2n) is 6.05. The molecule has 4 heteroatoms. The van der Waals surface area contributed by atoms with Crippen LogP contribution in [0.5, 0.6) is 0 Å². The first-order valence-corrected chi connectivity index (χ1v) is 8.15. The normalized spacial score (nSPS) is 11.4. The fourth-order valence-electron chi connectivity index (χ4n) is 2.71. The number of carbonyl (C=O) groups is 1. The summed E-state index contributed by atoms with van der Waals surface area (Å²) in [5, 5.41) is 12.2. The van der Waals surface area contributed by atoms with E-state index in [0.717, 1.165) is 28.9 Å². The van der Waals surface area contributed by atoms with E-state index in [1.165, 1.54) is 0 Å². The van der Waals surface area contributed by atoms with Gasteiger partial charge in [0.2, 0.25) is 0 Å². The van der Waals surface area contributed by atoms with E-state index in [4.69, 9.17) is 0 Å². The van der Waals surface area contributed by atoms with E-state index in [1.807, 2.05) is 56.4 Å². The van der Waals surface area contributed by atoms with Gasteiger partial charge in [-0.25, -0.2) is 0 Å². The lowest BCUT2D eigenvalue weighted by Gasteiger charge is -2.09. The maximum Gasteiger partial charge on any atom is 0.266 e. The summed E-state index contributed by atoms with van der Waals surface area (Å²) in [5.41, 5.74) is 3.86. The lowest BCUT2D eigenvalue weighted by molar-refractivity contribution is -0.112. The second kappa shape index (κ2) is 7.65. The van der Waals surface area contributed by atoms with E-state index in [0.29, 0.717) is 6.04 Å². The number of nitriles is 1. The van der Waals surface area contributed by atoms with Gasteiger partial charge in [-0.05, 0) is 56.5 Å². The van der Waals surface area contributed by atoms with E-state index in [-0.39, 0.29) is 11.5 Å². The quantitative estimate of drug-likeness (QED) is 0.652. The van der Waals surface area contributed by atoms with Crippen molar-refractivity contribution in [2.24, 2.45) is 0 Å². The Morgan fingerprint density at radius 2 is 2.08 bits per heavy atom. The van der Waals surface area contributed by atoms with E-state index in [9.17, 15) is 10.1 Å². The van der Waals surface area contributed by atoms with E-state index in [2.05, 4.69) is 23.7 Å². The maximum atomic E-state index is 12.4. The largest absolute Gasteiger partial charge is 0.349 e. The van der Waals surface area contributed by atoms with Crippen LogP contribution in [0.4, 0.5) is 5.69 Å². The number of aryl methyl sites for hydroxylation is 2. The summed E-state index contributed by atoms with van der Waals surface area (Å²) in [5.74, 6) is -0.381. The highest BCUT2D eigenvalue weighted by molar-refractivity contribution is 6.09. The standard InChI is InChI=1S/C20H23N3O/c1-5-17-8-6-7-9-19(17)22-20(24)18(12-21)11-16-10-15(4)23(13-16)14(2)3/h6-11,13-14H,5H2,1-4H3,(H,22,24)/b18-11+. The number of benzene rings is 1. The summed E-state index contributed by atoms with van der Waals surface area (Å²) in [4.78, 5) is 12.4. The first-order chi connectivity index (χ1) is 11.5. The third kappa shape index (κ3) is 3.94. The summed E-state index contributed by atoms with van der Waals surface area (Å²) in [6.45, 7) is 8.24. The van der Waals surface area contributed by atoms with E-state index in [1.54, 1.807) is 6.08 Å². The second-order valence-corrected chi connectivity index (χ2v) is 6.05. The van der Waals surface area contributed by atoms with Gasteiger partial charge in [0, 0.05) is 23.6 Å². The molecule has 0 spiro atoms. The summed E-state index contributed by atoms with van der Waals surface area (Å²) >= 11 is 0. The number of rotatable bonds is 5. The highest BCUT2D eigenvalue weighted by atomic mass is 16.1. The van der Waals surface area contributed by atoms with Gasteiger partial charge < -0.3 is 9.88 Å². The number of nitrogens with one attached hydrogen (secondary N) is 1. The number of nitrogens with zero attached hydrogens (tertiary/aromatic N) is 2. The monoisotopic (exact) mass is 321 g/mol. The molecular weight excluding hydrogens is 298 g/mol. The number of hydrogen-bond acceptors (Lipinski definition) is 2. The van der Waals surface area contributed by atoms with Crippen LogP contribution in [-0.4, -0.2) is 10.5 Å². The molecular formula is C20H23N3O. The molecule has 0 saturated heterocycles. The van der Waals surface area contributed by atoms with Crippen LogP contribution >= 0.6 is 0 Å². The van der Waals surface area contributed by atoms with Crippen molar-refractivity contribution in [2.45, 2.75) is 40.2 Å². The third-order valence-electron chi connectivity index (χ3n) is 3.95. The molecule has 0 unspecified atom stereocenters. The van der Waals surface area contributed by atoms with Gasteiger partial charge in [0.1, 0.15) is 11.6 Å². The molecule has 1 N–H and O–H groups in total. The number of anilines is 1. The Hall–Kier alpha value is -2.80. The first kappa shape index (κ1) is 17.6. The minimum atomic E-state index is -0.381. The van der Waals surface area contributed by atoms with Crippen LogP contribution in [0.15, 0.2) is 42.1 Å². The van der Waals surface area contributed by atoms with Crippen LogP contribution in [0.25, 0.3) is 6.08 Å². The van der Waals surface area contributed by atoms with Gasteiger partial charge in [0.25, 0.3) is 5.91 Å². The van der Waals surface area contributed by atoms with Crippen LogP contribution in [0, 0.1) is 18.3 Å². The molecule has 1 amide bonds. The van der Waals surface area contributed by atoms with Gasteiger partial charge in [-0.2, -0.15) is 5.26 Å².